The monoisotopic (exact) mass is 373 g/mol. The summed E-state index contributed by atoms with van der Waals surface area (Å²) < 4.78 is 17.9. The first-order valence-corrected chi connectivity index (χ1v) is 8.90. The number of methoxy groups -OCH3 is 2. The second-order valence-electron chi connectivity index (χ2n) is 6.45. The summed E-state index contributed by atoms with van der Waals surface area (Å²) in [6.07, 6.45) is -0.739. The largest absolute Gasteiger partial charge is 0.493 e. The van der Waals surface area contributed by atoms with Crippen LogP contribution in [0.5, 0.6) is 11.5 Å². The number of ketones is 1. The Hall–Kier alpha value is -2.76. The number of hydrogen-bond donors (Lipinski definition) is 0. The summed E-state index contributed by atoms with van der Waals surface area (Å²) in [7, 11) is 2.90. The van der Waals surface area contributed by atoms with Crippen LogP contribution in [-0.4, -0.2) is 36.6 Å². The van der Waals surface area contributed by atoms with E-state index in [4.69, 9.17) is 14.2 Å². The molecule has 146 valence electrons. The lowest BCUT2D eigenvalue weighted by molar-refractivity contribution is 0.0587. The van der Waals surface area contributed by atoms with Crippen molar-refractivity contribution in [2.75, 3.05) is 14.2 Å². The summed E-state index contributed by atoms with van der Waals surface area (Å²) in [6, 6.07) is 5.54. The minimum atomic E-state index is -0.739. The van der Waals surface area contributed by atoms with E-state index < -0.39 is 12.1 Å². The zero-order valence-corrected chi connectivity index (χ0v) is 17.0. The molecule has 1 aromatic heterocycles. The van der Waals surface area contributed by atoms with Crippen molar-refractivity contribution in [2.45, 2.75) is 47.3 Å². The number of rotatable bonds is 7. The Bertz CT molecular complexity index is 866. The molecular formula is C21H27NO5. The topological polar surface area (TPSA) is 66.8 Å². The van der Waals surface area contributed by atoms with Gasteiger partial charge in [-0.05, 0) is 57.9 Å². The molecule has 2 aromatic rings. The normalized spacial score (nSPS) is 11.8. The van der Waals surface area contributed by atoms with Gasteiger partial charge < -0.3 is 18.8 Å². The SMILES string of the molecule is CCn1c(C)c(C(=O)[C@H](C)Oc2ccc(C)cc2OC)c(C)c1C(=O)OC. The van der Waals surface area contributed by atoms with Crippen molar-refractivity contribution in [3.05, 3.63) is 46.3 Å². The molecule has 0 bridgehead atoms. The molecule has 0 saturated heterocycles. The van der Waals surface area contributed by atoms with Gasteiger partial charge in [-0.3, -0.25) is 4.79 Å². The van der Waals surface area contributed by atoms with Gasteiger partial charge in [0.2, 0.25) is 5.78 Å². The third-order valence-electron chi connectivity index (χ3n) is 4.70. The van der Waals surface area contributed by atoms with Crippen molar-refractivity contribution in [1.29, 1.82) is 0 Å². The third-order valence-corrected chi connectivity index (χ3v) is 4.70. The van der Waals surface area contributed by atoms with E-state index in [9.17, 15) is 9.59 Å². The fourth-order valence-electron chi connectivity index (χ4n) is 3.33. The van der Waals surface area contributed by atoms with E-state index >= 15 is 0 Å². The van der Waals surface area contributed by atoms with Crippen molar-refractivity contribution in [2.24, 2.45) is 0 Å². The average molecular weight is 373 g/mol. The lowest BCUT2D eigenvalue weighted by atomic mass is 10.0. The first-order valence-electron chi connectivity index (χ1n) is 8.90. The Morgan fingerprint density at radius 2 is 1.78 bits per heavy atom. The van der Waals surface area contributed by atoms with Crippen LogP contribution in [0, 0.1) is 20.8 Å². The maximum absolute atomic E-state index is 13.1. The Kier molecular flexibility index (Phi) is 6.31. The fraction of sp³-hybridized carbons (Fsp3) is 0.429. The van der Waals surface area contributed by atoms with Crippen molar-refractivity contribution in [3.63, 3.8) is 0 Å². The molecule has 6 nitrogen and oxygen atoms in total. The highest BCUT2D eigenvalue weighted by Gasteiger charge is 2.29. The minimum Gasteiger partial charge on any atom is -0.493 e. The van der Waals surface area contributed by atoms with Gasteiger partial charge in [-0.25, -0.2) is 4.79 Å². The van der Waals surface area contributed by atoms with Crippen molar-refractivity contribution < 1.29 is 23.8 Å². The van der Waals surface area contributed by atoms with Gasteiger partial charge >= 0.3 is 5.97 Å². The smallest absolute Gasteiger partial charge is 0.354 e. The molecule has 1 heterocycles. The highest BCUT2D eigenvalue weighted by Crippen LogP contribution is 2.30. The van der Waals surface area contributed by atoms with Crippen molar-refractivity contribution >= 4 is 11.8 Å². The molecule has 1 aromatic carbocycles. The van der Waals surface area contributed by atoms with Gasteiger partial charge in [-0.15, -0.1) is 0 Å². The van der Waals surface area contributed by atoms with E-state index in [1.165, 1.54) is 7.11 Å². The summed E-state index contributed by atoms with van der Waals surface area (Å²) in [4.78, 5) is 25.3. The zero-order valence-electron chi connectivity index (χ0n) is 17.0. The number of ether oxygens (including phenoxy) is 3. The van der Waals surface area contributed by atoms with Gasteiger partial charge in [0.1, 0.15) is 5.69 Å². The molecule has 0 saturated carbocycles. The average Bonchev–Trinajstić information content (AvgIpc) is 2.91. The number of aryl methyl sites for hydroxylation is 1. The van der Waals surface area contributed by atoms with E-state index in [-0.39, 0.29) is 5.78 Å². The number of Topliss-reactive ketones (excluding diaryl/α,β-unsaturated/α-hetero) is 1. The van der Waals surface area contributed by atoms with Crippen molar-refractivity contribution in [3.8, 4) is 11.5 Å². The van der Waals surface area contributed by atoms with E-state index in [1.807, 2.05) is 32.9 Å². The molecule has 1 atom stereocenters. The van der Waals surface area contributed by atoms with Crippen LogP contribution in [0.2, 0.25) is 0 Å². The van der Waals surface area contributed by atoms with Crippen LogP contribution in [-0.2, 0) is 11.3 Å². The Morgan fingerprint density at radius 3 is 2.33 bits per heavy atom. The standard InChI is InChI=1S/C21H27NO5/c1-8-22-14(4)18(13(3)19(22)21(24)26-7)20(23)15(5)27-16-10-9-12(2)11-17(16)25-6/h9-11,15H,8H2,1-7H3/t15-/m0/s1. The molecule has 0 spiro atoms. The Balaban J connectivity index is 2.40. The first-order chi connectivity index (χ1) is 12.8. The lowest BCUT2D eigenvalue weighted by Crippen LogP contribution is -2.25. The molecule has 0 unspecified atom stereocenters. The van der Waals surface area contributed by atoms with Crippen LogP contribution in [0.1, 0.15) is 51.5 Å². The van der Waals surface area contributed by atoms with Crippen molar-refractivity contribution in [1.82, 2.24) is 4.57 Å². The molecule has 0 fully saturated rings. The Morgan fingerprint density at radius 1 is 1.11 bits per heavy atom. The summed E-state index contributed by atoms with van der Waals surface area (Å²) >= 11 is 0. The second kappa shape index (κ2) is 8.29. The molecule has 0 aliphatic rings. The predicted molar refractivity (Wildman–Crippen MR) is 103 cm³/mol. The van der Waals surface area contributed by atoms with Crippen LogP contribution in [0.3, 0.4) is 0 Å². The van der Waals surface area contributed by atoms with E-state index in [0.29, 0.717) is 34.9 Å². The van der Waals surface area contributed by atoms with Gasteiger partial charge in [-0.1, -0.05) is 6.07 Å². The van der Waals surface area contributed by atoms with Crippen LogP contribution in [0.25, 0.3) is 0 Å². The van der Waals surface area contributed by atoms with Crippen LogP contribution < -0.4 is 9.47 Å². The molecule has 6 heteroatoms. The third kappa shape index (κ3) is 3.84. The molecule has 0 radical (unpaired) electrons. The minimum absolute atomic E-state index is 0.190. The zero-order chi connectivity index (χ0) is 20.3. The van der Waals surface area contributed by atoms with Gasteiger partial charge in [0.25, 0.3) is 0 Å². The maximum atomic E-state index is 13.1. The van der Waals surface area contributed by atoms with E-state index in [2.05, 4.69) is 0 Å². The summed E-state index contributed by atoms with van der Waals surface area (Å²) in [6.45, 7) is 9.72. The summed E-state index contributed by atoms with van der Waals surface area (Å²) in [5, 5.41) is 0. The van der Waals surface area contributed by atoms with E-state index in [0.717, 1.165) is 11.3 Å². The highest BCUT2D eigenvalue weighted by molar-refractivity contribution is 6.05. The number of carbonyl (C=O) groups is 2. The molecular weight excluding hydrogens is 346 g/mol. The summed E-state index contributed by atoms with van der Waals surface area (Å²) in [5.41, 5.74) is 3.27. The number of esters is 1. The second-order valence-corrected chi connectivity index (χ2v) is 6.45. The fourth-order valence-corrected chi connectivity index (χ4v) is 3.33. The number of carbonyl (C=O) groups excluding carboxylic acids is 2. The van der Waals surface area contributed by atoms with Crippen LogP contribution in [0.4, 0.5) is 0 Å². The quantitative estimate of drug-likeness (QED) is 0.544. The molecule has 27 heavy (non-hydrogen) atoms. The molecule has 0 aliphatic carbocycles. The van der Waals surface area contributed by atoms with E-state index in [1.54, 1.807) is 31.6 Å². The predicted octanol–water partition coefficient (Wildman–Crippen LogP) is 3.88. The number of benzene rings is 1. The van der Waals surface area contributed by atoms with Gasteiger partial charge in [0, 0.05) is 17.8 Å². The summed E-state index contributed by atoms with van der Waals surface area (Å²) in [5.74, 6) is 0.433. The lowest BCUT2D eigenvalue weighted by Gasteiger charge is -2.17. The number of aromatic nitrogens is 1. The molecule has 0 amide bonds. The number of nitrogens with zero attached hydrogens (tertiary/aromatic N) is 1. The first kappa shape index (κ1) is 20.6. The maximum Gasteiger partial charge on any atom is 0.354 e. The molecule has 0 aliphatic heterocycles. The molecule has 0 N–H and O–H groups in total. The number of hydrogen-bond acceptors (Lipinski definition) is 5. The van der Waals surface area contributed by atoms with Crippen LogP contribution >= 0.6 is 0 Å². The Labute approximate surface area is 160 Å². The van der Waals surface area contributed by atoms with Gasteiger partial charge in [0.05, 0.1) is 14.2 Å². The van der Waals surface area contributed by atoms with Gasteiger partial charge in [-0.2, -0.15) is 0 Å². The van der Waals surface area contributed by atoms with Gasteiger partial charge in [0.15, 0.2) is 17.6 Å². The molecule has 2 rings (SSSR count). The highest BCUT2D eigenvalue weighted by atomic mass is 16.5. The van der Waals surface area contributed by atoms with Crippen LogP contribution in [0.15, 0.2) is 18.2 Å².